The molecule has 1 rings (SSSR count). The molecule has 1 aromatic rings. The Morgan fingerprint density at radius 3 is 2.94 bits per heavy atom. The molecule has 0 aromatic carbocycles. The van der Waals surface area contributed by atoms with Gasteiger partial charge in [-0.25, -0.2) is 0 Å². The van der Waals surface area contributed by atoms with Crippen molar-refractivity contribution >= 4 is 5.91 Å². The molecule has 1 amide bonds. The zero-order valence-corrected chi connectivity index (χ0v) is 11.0. The molecule has 0 spiro atoms. The van der Waals surface area contributed by atoms with Crippen molar-refractivity contribution in [1.82, 2.24) is 15.5 Å². The fraction of sp³-hybridized carbons (Fsp3) is 0.692. The molecule has 0 atom stereocenters. The molecule has 0 aliphatic rings. The van der Waals surface area contributed by atoms with Crippen LogP contribution >= 0.6 is 0 Å². The van der Waals surface area contributed by atoms with Gasteiger partial charge in [0.25, 0.3) is 5.91 Å². The Labute approximate surface area is 103 Å². The smallest absolute Gasteiger partial charge is 0.271 e. The van der Waals surface area contributed by atoms with E-state index in [4.69, 9.17) is 0 Å². The number of rotatable bonds is 7. The summed E-state index contributed by atoms with van der Waals surface area (Å²) in [6, 6.07) is 1.83. The van der Waals surface area contributed by atoms with Gasteiger partial charge in [-0.1, -0.05) is 27.2 Å². The van der Waals surface area contributed by atoms with Gasteiger partial charge in [-0.2, -0.15) is 5.10 Å². The topological polar surface area (TPSA) is 57.8 Å². The number of aromatic nitrogens is 2. The quantitative estimate of drug-likeness (QED) is 0.716. The van der Waals surface area contributed by atoms with E-state index >= 15 is 0 Å². The number of aryl methyl sites for hydroxylation is 1. The molecule has 0 fully saturated rings. The van der Waals surface area contributed by atoms with Gasteiger partial charge >= 0.3 is 0 Å². The van der Waals surface area contributed by atoms with E-state index in [9.17, 15) is 4.79 Å². The van der Waals surface area contributed by atoms with E-state index in [2.05, 4.69) is 36.3 Å². The summed E-state index contributed by atoms with van der Waals surface area (Å²) in [6.07, 6.45) is 4.16. The number of amides is 1. The van der Waals surface area contributed by atoms with Crippen LogP contribution in [-0.2, 0) is 6.42 Å². The van der Waals surface area contributed by atoms with Crippen LogP contribution in [0.25, 0.3) is 0 Å². The van der Waals surface area contributed by atoms with E-state index in [-0.39, 0.29) is 5.91 Å². The van der Waals surface area contributed by atoms with E-state index in [1.165, 1.54) is 0 Å². The summed E-state index contributed by atoms with van der Waals surface area (Å²) in [5, 5.41) is 9.79. The second-order valence-corrected chi connectivity index (χ2v) is 4.82. The van der Waals surface area contributed by atoms with Crippen molar-refractivity contribution in [2.24, 2.45) is 5.92 Å². The van der Waals surface area contributed by atoms with Gasteiger partial charge in [0.1, 0.15) is 5.69 Å². The second-order valence-electron chi connectivity index (χ2n) is 4.82. The first-order chi connectivity index (χ1) is 8.13. The van der Waals surface area contributed by atoms with Crippen LogP contribution in [0.1, 0.15) is 56.2 Å². The maximum absolute atomic E-state index is 11.7. The predicted octanol–water partition coefficient (Wildman–Crippen LogP) is 2.53. The van der Waals surface area contributed by atoms with Crippen molar-refractivity contribution < 1.29 is 4.79 Å². The van der Waals surface area contributed by atoms with E-state index in [1.54, 1.807) is 0 Å². The number of hydrogen-bond donors (Lipinski definition) is 2. The van der Waals surface area contributed by atoms with Gasteiger partial charge < -0.3 is 5.32 Å². The van der Waals surface area contributed by atoms with Crippen LogP contribution in [0.5, 0.6) is 0 Å². The van der Waals surface area contributed by atoms with E-state index < -0.39 is 0 Å². The first-order valence-electron chi connectivity index (χ1n) is 6.46. The number of H-pyrrole nitrogens is 1. The van der Waals surface area contributed by atoms with Gasteiger partial charge in [0.15, 0.2) is 0 Å². The summed E-state index contributed by atoms with van der Waals surface area (Å²) in [5.41, 5.74) is 1.53. The summed E-state index contributed by atoms with van der Waals surface area (Å²) >= 11 is 0. The zero-order valence-electron chi connectivity index (χ0n) is 11.0. The first kappa shape index (κ1) is 13.7. The predicted molar refractivity (Wildman–Crippen MR) is 69.0 cm³/mol. The number of aromatic amines is 1. The van der Waals surface area contributed by atoms with E-state index in [0.717, 1.165) is 37.9 Å². The lowest BCUT2D eigenvalue weighted by Gasteiger charge is -2.05. The summed E-state index contributed by atoms with van der Waals surface area (Å²) in [4.78, 5) is 11.7. The molecule has 0 saturated carbocycles. The molecule has 0 saturated heterocycles. The first-order valence-corrected chi connectivity index (χ1v) is 6.46. The van der Waals surface area contributed by atoms with Gasteiger partial charge in [-0.3, -0.25) is 9.89 Å². The van der Waals surface area contributed by atoms with Crippen LogP contribution in [0.4, 0.5) is 0 Å². The second kappa shape index (κ2) is 7.09. The highest BCUT2D eigenvalue weighted by atomic mass is 16.1. The van der Waals surface area contributed by atoms with Crippen LogP contribution in [0.15, 0.2) is 6.07 Å². The lowest BCUT2D eigenvalue weighted by Crippen LogP contribution is -2.25. The number of carbonyl (C=O) groups is 1. The highest BCUT2D eigenvalue weighted by Crippen LogP contribution is 2.04. The van der Waals surface area contributed by atoms with Crippen LogP contribution in [0, 0.1) is 5.92 Å². The van der Waals surface area contributed by atoms with Crippen molar-refractivity contribution in [1.29, 1.82) is 0 Å². The highest BCUT2D eigenvalue weighted by Gasteiger charge is 2.09. The van der Waals surface area contributed by atoms with Crippen LogP contribution in [0.2, 0.25) is 0 Å². The summed E-state index contributed by atoms with van der Waals surface area (Å²) < 4.78 is 0. The van der Waals surface area contributed by atoms with E-state index in [0.29, 0.717) is 11.6 Å². The number of nitrogens with zero attached hydrogens (tertiary/aromatic N) is 1. The van der Waals surface area contributed by atoms with Gasteiger partial charge in [0.2, 0.25) is 0 Å². The Bertz CT molecular complexity index is 344. The maximum atomic E-state index is 11.7. The molecule has 2 N–H and O–H groups in total. The Morgan fingerprint density at radius 1 is 1.53 bits per heavy atom. The van der Waals surface area contributed by atoms with Crippen molar-refractivity contribution in [3.63, 3.8) is 0 Å². The Hall–Kier alpha value is -1.32. The van der Waals surface area contributed by atoms with Crippen molar-refractivity contribution in [2.75, 3.05) is 6.54 Å². The lowest BCUT2D eigenvalue weighted by molar-refractivity contribution is 0.0947. The standard InChI is InChI=1S/C13H23N3O/c1-4-6-11-9-12(16-15-11)13(17)14-8-5-7-10(2)3/h9-10H,4-8H2,1-3H3,(H,14,17)(H,15,16). The average molecular weight is 237 g/mol. The Kier molecular flexibility index (Phi) is 5.73. The van der Waals surface area contributed by atoms with Crippen LogP contribution in [-0.4, -0.2) is 22.6 Å². The van der Waals surface area contributed by atoms with Gasteiger partial charge in [0, 0.05) is 12.2 Å². The molecule has 4 heteroatoms. The van der Waals surface area contributed by atoms with Crippen LogP contribution < -0.4 is 5.32 Å². The third-order valence-corrected chi connectivity index (χ3v) is 2.63. The van der Waals surface area contributed by atoms with Gasteiger partial charge in [0.05, 0.1) is 0 Å². The third kappa shape index (κ3) is 5.02. The zero-order chi connectivity index (χ0) is 12.7. The molecule has 0 unspecified atom stereocenters. The minimum absolute atomic E-state index is 0.0765. The molecule has 96 valence electrons. The summed E-state index contributed by atoms with van der Waals surface area (Å²) in [7, 11) is 0. The summed E-state index contributed by atoms with van der Waals surface area (Å²) in [5.74, 6) is 0.612. The third-order valence-electron chi connectivity index (χ3n) is 2.63. The largest absolute Gasteiger partial charge is 0.351 e. The van der Waals surface area contributed by atoms with Crippen LogP contribution in [0.3, 0.4) is 0 Å². The molecule has 1 aromatic heterocycles. The molecule has 4 nitrogen and oxygen atoms in total. The normalized spacial score (nSPS) is 10.8. The number of carbonyl (C=O) groups excluding carboxylic acids is 1. The average Bonchev–Trinajstić information content (AvgIpc) is 2.73. The Balaban J connectivity index is 2.31. The highest BCUT2D eigenvalue weighted by molar-refractivity contribution is 5.92. The van der Waals surface area contributed by atoms with Gasteiger partial charge in [-0.15, -0.1) is 0 Å². The van der Waals surface area contributed by atoms with Crippen molar-refractivity contribution in [3.8, 4) is 0 Å². The minimum Gasteiger partial charge on any atom is -0.351 e. The minimum atomic E-state index is -0.0765. The SMILES string of the molecule is CCCc1cc(C(=O)NCCCC(C)C)n[nH]1. The molecule has 0 radical (unpaired) electrons. The van der Waals surface area contributed by atoms with Gasteiger partial charge in [-0.05, 0) is 31.2 Å². The lowest BCUT2D eigenvalue weighted by atomic mass is 10.1. The molecule has 0 aliphatic heterocycles. The molecule has 0 bridgehead atoms. The fourth-order valence-corrected chi connectivity index (χ4v) is 1.68. The Morgan fingerprint density at radius 2 is 2.29 bits per heavy atom. The maximum Gasteiger partial charge on any atom is 0.271 e. The monoisotopic (exact) mass is 237 g/mol. The molecule has 17 heavy (non-hydrogen) atoms. The number of nitrogens with one attached hydrogen (secondary N) is 2. The molecular formula is C13H23N3O. The molecular weight excluding hydrogens is 214 g/mol. The van der Waals surface area contributed by atoms with Crippen molar-refractivity contribution in [2.45, 2.75) is 46.5 Å². The van der Waals surface area contributed by atoms with E-state index in [1.807, 2.05) is 6.07 Å². The fourth-order valence-electron chi connectivity index (χ4n) is 1.68. The number of hydrogen-bond acceptors (Lipinski definition) is 2. The van der Waals surface area contributed by atoms with Crippen molar-refractivity contribution in [3.05, 3.63) is 17.5 Å². The molecule has 1 heterocycles. The summed E-state index contributed by atoms with van der Waals surface area (Å²) in [6.45, 7) is 7.21. The molecule has 0 aliphatic carbocycles.